The molecule has 4 nitrogen and oxygen atoms in total. The summed E-state index contributed by atoms with van der Waals surface area (Å²) in [4.78, 5) is 23.0. The Morgan fingerprint density at radius 2 is 1.89 bits per heavy atom. The molecule has 0 spiro atoms. The molecule has 19 heavy (non-hydrogen) atoms. The lowest BCUT2D eigenvalue weighted by molar-refractivity contribution is 0.0696. The van der Waals surface area contributed by atoms with Gasteiger partial charge in [-0.2, -0.15) is 0 Å². The number of benzene rings is 1. The molecule has 102 valence electrons. The van der Waals surface area contributed by atoms with Crippen LogP contribution < -0.4 is 5.32 Å². The first-order valence-corrected chi connectivity index (χ1v) is 6.59. The van der Waals surface area contributed by atoms with E-state index in [-0.39, 0.29) is 16.9 Å². The summed E-state index contributed by atoms with van der Waals surface area (Å²) in [7, 11) is 0. The zero-order chi connectivity index (χ0) is 14.0. The van der Waals surface area contributed by atoms with E-state index in [1.54, 1.807) is 19.1 Å². The topological polar surface area (TPSA) is 66.4 Å². The van der Waals surface area contributed by atoms with Gasteiger partial charge in [0.05, 0.1) is 5.56 Å². The molecule has 1 aromatic carbocycles. The van der Waals surface area contributed by atoms with Crippen LogP contribution in [0, 0.1) is 12.3 Å². The van der Waals surface area contributed by atoms with Crippen molar-refractivity contribution in [3.63, 3.8) is 0 Å². The Kier molecular flexibility index (Phi) is 3.60. The van der Waals surface area contributed by atoms with Crippen LogP contribution >= 0.6 is 0 Å². The van der Waals surface area contributed by atoms with Gasteiger partial charge in [-0.05, 0) is 55.4 Å². The molecule has 1 aromatic rings. The number of carboxylic acid groups (broad SMARTS) is 1. The zero-order valence-corrected chi connectivity index (χ0v) is 11.3. The van der Waals surface area contributed by atoms with E-state index in [1.165, 1.54) is 6.07 Å². The van der Waals surface area contributed by atoms with Crippen LogP contribution in [0.15, 0.2) is 18.2 Å². The van der Waals surface area contributed by atoms with Crippen molar-refractivity contribution < 1.29 is 14.7 Å². The largest absolute Gasteiger partial charge is 0.478 e. The third-order valence-electron chi connectivity index (χ3n) is 3.92. The summed E-state index contributed by atoms with van der Waals surface area (Å²) in [5.41, 5.74) is 1.64. The van der Waals surface area contributed by atoms with E-state index in [1.807, 2.05) is 0 Å². The van der Waals surface area contributed by atoms with E-state index in [2.05, 4.69) is 12.2 Å². The molecule has 1 aliphatic rings. The Morgan fingerprint density at radius 1 is 1.26 bits per heavy atom. The number of rotatable bonds is 5. The first-order chi connectivity index (χ1) is 8.96. The Morgan fingerprint density at radius 3 is 2.42 bits per heavy atom. The number of aromatic carboxylic acids is 1. The number of amides is 1. The van der Waals surface area contributed by atoms with Gasteiger partial charge in [0.2, 0.25) is 0 Å². The van der Waals surface area contributed by atoms with Crippen LogP contribution in [0.5, 0.6) is 0 Å². The van der Waals surface area contributed by atoms with E-state index in [4.69, 9.17) is 5.11 Å². The van der Waals surface area contributed by atoms with Gasteiger partial charge in [-0.3, -0.25) is 4.79 Å². The van der Waals surface area contributed by atoms with Gasteiger partial charge < -0.3 is 10.4 Å². The SMILES string of the molecule is CCC1(CNC(=O)c2cc(C)cc(C(=O)O)c2)CC1. The molecule has 0 aliphatic heterocycles. The van der Waals surface area contributed by atoms with Gasteiger partial charge in [0.15, 0.2) is 0 Å². The van der Waals surface area contributed by atoms with Gasteiger partial charge in [-0.25, -0.2) is 4.79 Å². The highest BCUT2D eigenvalue weighted by Crippen LogP contribution is 2.47. The van der Waals surface area contributed by atoms with E-state index >= 15 is 0 Å². The third-order valence-corrected chi connectivity index (χ3v) is 3.92. The molecule has 0 heterocycles. The fourth-order valence-corrected chi connectivity index (χ4v) is 2.24. The molecular formula is C15H19NO3. The second kappa shape index (κ2) is 5.03. The minimum absolute atomic E-state index is 0.154. The molecule has 2 N–H and O–H groups in total. The van der Waals surface area contributed by atoms with Gasteiger partial charge in [0.25, 0.3) is 5.91 Å². The normalized spacial score (nSPS) is 15.9. The number of carbonyl (C=O) groups is 2. The van der Waals surface area contributed by atoms with Crippen molar-refractivity contribution in [2.45, 2.75) is 33.1 Å². The van der Waals surface area contributed by atoms with E-state index in [0.717, 1.165) is 24.8 Å². The molecule has 1 saturated carbocycles. The highest BCUT2D eigenvalue weighted by Gasteiger charge is 2.40. The number of nitrogens with one attached hydrogen (secondary N) is 1. The zero-order valence-electron chi connectivity index (χ0n) is 11.3. The Labute approximate surface area is 112 Å². The summed E-state index contributed by atoms with van der Waals surface area (Å²) >= 11 is 0. The molecule has 0 bridgehead atoms. The van der Waals surface area contributed by atoms with E-state index in [0.29, 0.717) is 12.1 Å². The van der Waals surface area contributed by atoms with Gasteiger partial charge in [0, 0.05) is 12.1 Å². The molecule has 1 fully saturated rings. The molecule has 1 amide bonds. The Balaban J connectivity index is 2.08. The van der Waals surface area contributed by atoms with Crippen molar-refractivity contribution in [3.05, 3.63) is 34.9 Å². The molecule has 0 atom stereocenters. The van der Waals surface area contributed by atoms with Crippen LogP contribution in [0.25, 0.3) is 0 Å². The van der Waals surface area contributed by atoms with Gasteiger partial charge >= 0.3 is 5.97 Å². The van der Waals surface area contributed by atoms with Crippen LogP contribution in [0.1, 0.15) is 52.5 Å². The van der Waals surface area contributed by atoms with E-state index in [9.17, 15) is 9.59 Å². The fraction of sp³-hybridized carbons (Fsp3) is 0.467. The van der Waals surface area contributed by atoms with Crippen molar-refractivity contribution in [3.8, 4) is 0 Å². The monoisotopic (exact) mass is 261 g/mol. The fourth-order valence-electron chi connectivity index (χ4n) is 2.24. The first-order valence-electron chi connectivity index (χ1n) is 6.59. The first kappa shape index (κ1) is 13.6. The Bertz CT molecular complexity index is 518. The van der Waals surface area contributed by atoms with Crippen LogP contribution in [-0.4, -0.2) is 23.5 Å². The molecular weight excluding hydrogens is 242 g/mol. The number of hydrogen-bond donors (Lipinski definition) is 2. The third kappa shape index (κ3) is 3.13. The molecule has 2 rings (SSSR count). The lowest BCUT2D eigenvalue weighted by atomic mass is 10.0. The van der Waals surface area contributed by atoms with Crippen molar-refractivity contribution in [2.24, 2.45) is 5.41 Å². The summed E-state index contributed by atoms with van der Waals surface area (Å²) in [5.74, 6) is -1.20. The highest BCUT2D eigenvalue weighted by molar-refractivity contribution is 5.97. The number of aryl methyl sites for hydroxylation is 1. The summed E-state index contributed by atoms with van der Waals surface area (Å²) in [6, 6.07) is 4.71. The summed E-state index contributed by atoms with van der Waals surface area (Å²) in [6.07, 6.45) is 3.40. The lowest BCUT2D eigenvalue weighted by Crippen LogP contribution is -2.30. The Hall–Kier alpha value is -1.84. The minimum atomic E-state index is -1.01. The second-order valence-corrected chi connectivity index (χ2v) is 5.43. The molecule has 0 aromatic heterocycles. The quantitative estimate of drug-likeness (QED) is 0.856. The number of carboxylic acids is 1. The summed E-state index contributed by atoms with van der Waals surface area (Å²) in [6.45, 7) is 4.60. The maximum Gasteiger partial charge on any atom is 0.335 e. The predicted octanol–water partition coefficient (Wildman–Crippen LogP) is 2.61. The average molecular weight is 261 g/mol. The summed E-state index contributed by atoms with van der Waals surface area (Å²) in [5, 5.41) is 11.9. The minimum Gasteiger partial charge on any atom is -0.478 e. The maximum atomic E-state index is 12.1. The molecule has 0 radical (unpaired) electrons. The lowest BCUT2D eigenvalue weighted by Gasteiger charge is -2.13. The van der Waals surface area contributed by atoms with Crippen LogP contribution in [-0.2, 0) is 0 Å². The predicted molar refractivity (Wildman–Crippen MR) is 72.4 cm³/mol. The highest BCUT2D eigenvalue weighted by atomic mass is 16.4. The van der Waals surface area contributed by atoms with Gasteiger partial charge in [-0.15, -0.1) is 0 Å². The standard InChI is InChI=1S/C15H19NO3/c1-3-15(4-5-15)9-16-13(17)11-6-10(2)7-12(8-11)14(18)19/h6-8H,3-5,9H2,1-2H3,(H,16,17)(H,18,19). The number of hydrogen-bond acceptors (Lipinski definition) is 2. The smallest absolute Gasteiger partial charge is 0.335 e. The van der Waals surface area contributed by atoms with E-state index < -0.39 is 5.97 Å². The number of carbonyl (C=O) groups excluding carboxylic acids is 1. The average Bonchev–Trinajstić information content (AvgIpc) is 3.16. The molecule has 1 aliphatic carbocycles. The molecule has 4 heteroatoms. The van der Waals surface area contributed by atoms with Crippen molar-refractivity contribution in [1.29, 1.82) is 0 Å². The molecule has 0 unspecified atom stereocenters. The van der Waals surface area contributed by atoms with Crippen LogP contribution in [0.2, 0.25) is 0 Å². The second-order valence-electron chi connectivity index (χ2n) is 5.43. The van der Waals surface area contributed by atoms with Crippen LogP contribution in [0.4, 0.5) is 0 Å². The van der Waals surface area contributed by atoms with Crippen molar-refractivity contribution >= 4 is 11.9 Å². The maximum absolute atomic E-state index is 12.1. The van der Waals surface area contributed by atoms with Crippen molar-refractivity contribution in [1.82, 2.24) is 5.32 Å². The van der Waals surface area contributed by atoms with Gasteiger partial charge in [-0.1, -0.05) is 6.92 Å². The summed E-state index contributed by atoms with van der Waals surface area (Å²) < 4.78 is 0. The van der Waals surface area contributed by atoms with Crippen molar-refractivity contribution in [2.75, 3.05) is 6.54 Å². The molecule has 0 saturated heterocycles. The van der Waals surface area contributed by atoms with Gasteiger partial charge in [0.1, 0.15) is 0 Å². The van der Waals surface area contributed by atoms with Crippen LogP contribution in [0.3, 0.4) is 0 Å².